The molecular formula is C11H15NO3S. The topological polar surface area (TPSA) is 70.4 Å². The van der Waals surface area contributed by atoms with Crippen molar-refractivity contribution in [1.29, 1.82) is 0 Å². The molecule has 1 aromatic heterocycles. The van der Waals surface area contributed by atoms with Crippen LogP contribution >= 0.6 is 11.3 Å². The lowest BCUT2D eigenvalue weighted by atomic mass is 9.77. The Bertz CT molecular complexity index is 355. The molecular weight excluding hydrogens is 226 g/mol. The summed E-state index contributed by atoms with van der Waals surface area (Å²) in [4.78, 5) is 14.9. The second kappa shape index (κ2) is 4.51. The number of hydrogen-bond acceptors (Lipinski definition) is 4. The van der Waals surface area contributed by atoms with Crippen LogP contribution in [0.3, 0.4) is 0 Å². The second-order valence-electron chi connectivity index (χ2n) is 4.44. The van der Waals surface area contributed by atoms with Gasteiger partial charge < -0.3 is 10.2 Å². The standard InChI is InChI=1S/C11H15NO3S/c13-10(14)8-1-3-11(15,4-2-8)7-9-12-5-6-16-9/h5-6,8,15H,1-4,7H2,(H,13,14). The molecule has 1 aromatic rings. The first kappa shape index (κ1) is 11.5. The van der Waals surface area contributed by atoms with E-state index in [1.54, 1.807) is 6.20 Å². The lowest BCUT2D eigenvalue weighted by molar-refractivity contribution is -0.144. The molecule has 1 aliphatic carbocycles. The third-order valence-electron chi connectivity index (χ3n) is 3.23. The molecule has 2 N–H and O–H groups in total. The number of rotatable bonds is 3. The Morgan fingerprint density at radius 3 is 2.75 bits per heavy atom. The van der Waals surface area contributed by atoms with Crippen LogP contribution in [-0.4, -0.2) is 26.8 Å². The van der Waals surface area contributed by atoms with E-state index in [-0.39, 0.29) is 5.92 Å². The highest BCUT2D eigenvalue weighted by Crippen LogP contribution is 2.34. The summed E-state index contributed by atoms with van der Waals surface area (Å²) in [7, 11) is 0. The van der Waals surface area contributed by atoms with Gasteiger partial charge in [0, 0.05) is 18.0 Å². The van der Waals surface area contributed by atoms with Gasteiger partial charge in [-0.3, -0.25) is 4.79 Å². The lowest BCUT2D eigenvalue weighted by Crippen LogP contribution is -2.37. The Balaban J connectivity index is 1.93. The lowest BCUT2D eigenvalue weighted by Gasteiger charge is -2.34. The first-order chi connectivity index (χ1) is 7.59. The number of aliphatic hydroxyl groups is 1. The van der Waals surface area contributed by atoms with Crippen molar-refractivity contribution in [2.45, 2.75) is 37.7 Å². The fraction of sp³-hybridized carbons (Fsp3) is 0.636. The van der Waals surface area contributed by atoms with Crippen molar-refractivity contribution in [2.24, 2.45) is 5.92 Å². The van der Waals surface area contributed by atoms with Gasteiger partial charge in [0.1, 0.15) is 0 Å². The Morgan fingerprint density at radius 1 is 1.56 bits per heavy atom. The Kier molecular flexibility index (Phi) is 3.25. The SMILES string of the molecule is O=C(O)C1CCC(O)(Cc2nccs2)CC1. The summed E-state index contributed by atoms with van der Waals surface area (Å²) >= 11 is 1.53. The van der Waals surface area contributed by atoms with Crippen LogP contribution in [0.1, 0.15) is 30.7 Å². The molecule has 0 spiro atoms. The highest BCUT2D eigenvalue weighted by Gasteiger charge is 2.36. The minimum atomic E-state index is -0.746. The Hall–Kier alpha value is -0.940. The second-order valence-corrected chi connectivity index (χ2v) is 5.42. The zero-order valence-electron chi connectivity index (χ0n) is 8.93. The van der Waals surface area contributed by atoms with Crippen molar-refractivity contribution < 1.29 is 15.0 Å². The van der Waals surface area contributed by atoms with Crippen molar-refractivity contribution in [3.8, 4) is 0 Å². The number of aliphatic carboxylic acids is 1. The maximum absolute atomic E-state index is 10.8. The largest absolute Gasteiger partial charge is 0.481 e. The highest BCUT2D eigenvalue weighted by atomic mass is 32.1. The molecule has 0 unspecified atom stereocenters. The molecule has 1 fully saturated rings. The average Bonchev–Trinajstić information content (AvgIpc) is 2.70. The zero-order chi connectivity index (χ0) is 11.6. The number of carboxylic acids is 1. The molecule has 1 aliphatic rings. The predicted octanol–water partition coefficient (Wildman–Crippen LogP) is 1.69. The molecule has 0 bridgehead atoms. The van der Waals surface area contributed by atoms with Gasteiger partial charge >= 0.3 is 5.97 Å². The third kappa shape index (κ3) is 2.59. The molecule has 4 nitrogen and oxygen atoms in total. The van der Waals surface area contributed by atoms with E-state index in [9.17, 15) is 9.90 Å². The smallest absolute Gasteiger partial charge is 0.306 e. The summed E-state index contributed by atoms with van der Waals surface area (Å²) in [5, 5.41) is 22.0. The van der Waals surface area contributed by atoms with Crippen molar-refractivity contribution in [3.05, 3.63) is 16.6 Å². The van der Waals surface area contributed by atoms with Gasteiger partial charge in [-0.25, -0.2) is 4.98 Å². The van der Waals surface area contributed by atoms with E-state index in [1.165, 1.54) is 11.3 Å². The number of carboxylic acid groups (broad SMARTS) is 1. The van der Waals surface area contributed by atoms with Gasteiger partial charge in [0.05, 0.1) is 16.5 Å². The number of aromatic nitrogens is 1. The molecule has 0 atom stereocenters. The van der Waals surface area contributed by atoms with E-state index in [0.29, 0.717) is 32.1 Å². The fourth-order valence-corrected chi connectivity index (χ4v) is 2.95. The van der Waals surface area contributed by atoms with Crippen LogP contribution in [0.5, 0.6) is 0 Å². The molecule has 16 heavy (non-hydrogen) atoms. The van der Waals surface area contributed by atoms with Gasteiger partial charge in [0.15, 0.2) is 0 Å². The van der Waals surface area contributed by atoms with Gasteiger partial charge in [0.2, 0.25) is 0 Å². The van der Waals surface area contributed by atoms with E-state index in [4.69, 9.17) is 5.11 Å². The molecule has 0 aliphatic heterocycles. The minimum absolute atomic E-state index is 0.281. The number of hydrogen-bond donors (Lipinski definition) is 2. The normalized spacial score (nSPS) is 30.2. The summed E-state index contributed by atoms with van der Waals surface area (Å²) in [5.74, 6) is -1.02. The van der Waals surface area contributed by atoms with E-state index in [1.807, 2.05) is 5.38 Å². The molecule has 0 aromatic carbocycles. The molecule has 0 radical (unpaired) electrons. The van der Waals surface area contributed by atoms with Crippen molar-refractivity contribution in [2.75, 3.05) is 0 Å². The van der Waals surface area contributed by atoms with Crippen LogP contribution in [0.15, 0.2) is 11.6 Å². The maximum atomic E-state index is 10.8. The van der Waals surface area contributed by atoms with Gasteiger partial charge in [-0.05, 0) is 25.7 Å². The highest BCUT2D eigenvalue weighted by molar-refractivity contribution is 7.09. The summed E-state index contributed by atoms with van der Waals surface area (Å²) in [6, 6.07) is 0. The van der Waals surface area contributed by atoms with E-state index in [2.05, 4.69) is 4.98 Å². The monoisotopic (exact) mass is 241 g/mol. The van der Waals surface area contributed by atoms with Crippen LogP contribution in [0, 0.1) is 5.92 Å². The van der Waals surface area contributed by atoms with Crippen LogP contribution in [-0.2, 0) is 11.2 Å². The van der Waals surface area contributed by atoms with Crippen molar-refractivity contribution >= 4 is 17.3 Å². The van der Waals surface area contributed by atoms with Crippen molar-refractivity contribution in [1.82, 2.24) is 4.98 Å². The van der Waals surface area contributed by atoms with Crippen LogP contribution in [0.4, 0.5) is 0 Å². The van der Waals surface area contributed by atoms with Crippen molar-refractivity contribution in [3.63, 3.8) is 0 Å². The Morgan fingerprint density at radius 2 is 2.25 bits per heavy atom. The summed E-state index contributed by atoms with van der Waals surface area (Å²) in [6.07, 6.45) is 4.53. The minimum Gasteiger partial charge on any atom is -0.481 e. The summed E-state index contributed by atoms with van der Waals surface area (Å²) < 4.78 is 0. The molecule has 0 saturated heterocycles. The van der Waals surface area contributed by atoms with E-state index in [0.717, 1.165) is 5.01 Å². The molecule has 5 heteroatoms. The fourth-order valence-electron chi connectivity index (χ4n) is 2.20. The van der Waals surface area contributed by atoms with Crippen LogP contribution < -0.4 is 0 Å². The molecule has 1 heterocycles. The molecule has 88 valence electrons. The summed E-state index contributed by atoms with van der Waals surface area (Å²) in [6.45, 7) is 0. The van der Waals surface area contributed by atoms with Gasteiger partial charge in [0.25, 0.3) is 0 Å². The number of carbonyl (C=O) groups is 1. The molecule has 1 saturated carbocycles. The molecule has 0 amide bonds. The van der Waals surface area contributed by atoms with Gasteiger partial charge in [-0.2, -0.15) is 0 Å². The van der Waals surface area contributed by atoms with Crippen LogP contribution in [0.25, 0.3) is 0 Å². The first-order valence-electron chi connectivity index (χ1n) is 5.43. The quantitative estimate of drug-likeness (QED) is 0.845. The average molecular weight is 241 g/mol. The van der Waals surface area contributed by atoms with Crippen LogP contribution in [0.2, 0.25) is 0 Å². The van der Waals surface area contributed by atoms with E-state index >= 15 is 0 Å². The van der Waals surface area contributed by atoms with E-state index < -0.39 is 11.6 Å². The number of thiazole rings is 1. The van der Waals surface area contributed by atoms with Gasteiger partial charge in [-0.15, -0.1) is 11.3 Å². The molecule has 2 rings (SSSR count). The Labute approximate surface area is 98.0 Å². The zero-order valence-corrected chi connectivity index (χ0v) is 9.74. The maximum Gasteiger partial charge on any atom is 0.306 e. The third-order valence-corrected chi connectivity index (χ3v) is 4.01. The summed E-state index contributed by atoms with van der Waals surface area (Å²) in [5.41, 5.74) is -0.746. The first-order valence-corrected chi connectivity index (χ1v) is 6.31. The number of nitrogens with zero attached hydrogens (tertiary/aromatic N) is 1. The van der Waals surface area contributed by atoms with Gasteiger partial charge in [-0.1, -0.05) is 0 Å². The predicted molar refractivity (Wildman–Crippen MR) is 60.4 cm³/mol.